The van der Waals surface area contributed by atoms with Crippen molar-refractivity contribution in [3.8, 4) is 23.0 Å². The Kier molecular flexibility index (Phi) is 7.38. The molecule has 0 atom stereocenters. The Labute approximate surface area is 216 Å². The maximum Gasteiger partial charge on any atom is 0.343 e. The van der Waals surface area contributed by atoms with Crippen molar-refractivity contribution in [1.29, 1.82) is 0 Å². The molecule has 194 valence electrons. The van der Waals surface area contributed by atoms with Gasteiger partial charge in [0, 0.05) is 5.56 Å². The largest absolute Gasteiger partial charge is 0.493 e. The summed E-state index contributed by atoms with van der Waals surface area (Å²) in [6, 6.07) is 13.0. The summed E-state index contributed by atoms with van der Waals surface area (Å²) in [5, 5.41) is 2.02. The molecule has 1 heterocycles. The van der Waals surface area contributed by atoms with Crippen LogP contribution in [-0.4, -0.2) is 45.1 Å². The fraction of sp³-hybridized carbons (Fsp3) is 0.111. The molecule has 3 aromatic carbocycles. The number of hydrogen-bond donors (Lipinski definition) is 1. The highest BCUT2D eigenvalue weighted by Gasteiger charge is 2.38. The molecule has 1 aliphatic heterocycles. The standard InChI is InChI=1S/C27H21FN2O8/c1-35-21-13-16(14-22(36-2)23(21)37-3)26(33)38-20-11-7-4-8-15(20)12-17-24(31)29-27(34)30(25(17)32)19-10-6-5-9-18(19)28/h4-14H,1-3H3,(H,29,31,34)/b17-12-. The second-order valence-corrected chi connectivity index (χ2v) is 7.75. The molecule has 1 fully saturated rings. The van der Waals surface area contributed by atoms with Crippen LogP contribution in [-0.2, 0) is 9.59 Å². The highest BCUT2D eigenvalue weighted by Crippen LogP contribution is 2.38. The first-order valence-corrected chi connectivity index (χ1v) is 11.1. The second kappa shape index (κ2) is 10.8. The van der Waals surface area contributed by atoms with Crippen LogP contribution in [0.15, 0.2) is 66.2 Å². The third kappa shape index (κ3) is 4.89. The normalized spacial score (nSPS) is 14.3. The quantitative estimate of drug-likeness (QED) is 0.217. The molecule has 0 spiro atoms. The van der Waals surface area contributed by atoms with Crippen molar-refractivity contribution >= 4 is 35.6 Å². The van der Waals surface area contributed by atoms with Crippen LogP contribution in [0.1, 0.15) is 15.9 Å². The number of barbiturate groups is 1. The Morgan fingerprint density at radius 3 is 2.13 bits per heavy atom. The summed E-state index contributed by atoms with van der Waals surface area (Å²) in [5.74, 6) is -2.90. The number of hydrogen-bond acceptors (Lipinski definition) is 8. The number of methoxy groups -OCH3 is 3. The van der Waals surface area contributed by atoms with E-state index < -0.39 is 35.2 Å². The van der Waals surface area contributed by atoms with Crippen LogP contribution >= 0.6 is 0 Å². The first-order valence-electron chi connectivity index (χ1n) is 11.1. The van der Waals surface area contributed by atoms with Crippen molar-refractivity contribution in [1.82, 2.24) is 5.32 Å². The van der Waals surface area contributed by atoms with Gasteiger partial charge in [-0.1, -0.05) is 30.3 Å². The molecule has 0 saturated carbocycles. The Morgan fingerprint density at radius 1 is 0.868 bits per heavy atom. The number of esters is 1. The minimum Gasteiger partial charge on any atom is -0.493 e. The average molecular weight is 520 g/mol. The number of para-hydroxylation sites is 2. The van der Waals surface area contributed by atoms with Crippen LogP contribution in [0.2, 0.25) is 0 Å². The fourth-order valence-corrected chi connectivity index (χ4v) is 3.72. The van der Waals surface area contributed by atoms with Crippen molar-refractivity contribution in [3.63, 3.8) is 0 Å². The minimum absolute atomic E-state index is 0.00805. The van der Waals surface area contributed by atoms with Crippen molar-refractivity contribution in [2.75, 3.05) is 26.2 Å². The van der Waals surface area contributed by atoms with Crippen molar-refractivity contribution in [2.45, 2.75) is 0 Å². The van der Waals surface area contributed by atoms with Crippen molar-refractivity contribution in [3.05, 3.63) is 83.2 Å². The van der Waals surface area contributed by atoms with E-state index in [-0.39, 0.29) is 39.8 Å². The van der Waals surface area contributed by atoms with Crippen LogP contribution in [0.5, 0.6) is 23.0 Å². The SMILES string of the molecule is COc1cc(C(=O)Oc2ccccc2/C=C2/C(=O)NC(=O)N(c3ccccc3F)C2=O)cc(OC)c1OC. The van der Waals surface area contributed by atoms with E-state index in [4.69, 9.17) is 18.9 Å². The van der Waals surface area contributed by atoms with E-state index in [0.29, 0.717) is 4.90 Å². The lowest BCUT2D eigenvalue weighted by Crippen LogP contribution is -2.54. The van der Waals surface area contributed by atoms with Gasteiger partial charge >= 0.3 is 12.0 Å². The first-order chi connectivity index (χ1) is 18.3. The number of nitrogens with zero attached hydrogens (tertiary/aromatic N) is 1. The minimum atomic E-state index is -1.09. The maximum absolute atomic E-state index is 14.3. The molecule has 0 bridgehead atoms. The molecular formula is C27H21FN2O8. The third-order valence-electron chi connectivity index (χ3n) is 5.52. The first kappa shape index (κ1) is 25.9. The lowest BCUT2D eigenvalue weighted by Gasteiger charge is -2.26. The molecule has 1 aliphatic rings. The van der Waals surface area contributed by atoms with Crippen LogP contribution in [0, 0.1) is 5.82 Å². The van der Waals surface area contributed by atoms with E-state index in [0.717, 1.165) is 12.1 Å². The van der Waals surface area contributed by atoms with Gasteiger partial charge in [-0.2, -0.15) is 0 Å². The molecule has 4 rings (SSSR count). The number of halogens is 1. The van der Waals surface area contributed by atoms with E-state index in [1.54, 1.807) is 12.1 Å². The number of amides is 4. The van der Waals surface area contributed by atoms with Gasteiger partial charge < -0.3 is 18.9 Å². The molecule has 0 aromatic heterocycles. The van der Waals surface area contributed by atoms with Gasteiger partial charge in [-0.25, -0.2) is 18.9 Å². The summed E-state index contributed by atoms with van der Waals surface area (Å²) in [5.41, 5.74) is -0.543. The van der Waals surface area contributed by atoms with Gasteiger partial charge in [-0.05, 0) is 36.4 Å². The zero-order chi connectivity index (χ0) is 27.4. The molecule has 1 saturated heterocycles. The highest BCUT2D eigenvalue weighted by atomic mass is 19.1. The van der Waals surface area contributed by atoms with Crippen molar-refractivity contribution < 1.29 is 42.5 Å². The molecule has 3 aromatic rings. The Morgan fingerprint density at radius 2 is 1.50 bits per heavy atom. The number of carbonyl (C=O) groups is 4. The van der Waals surface area contributed by atoms with Crippen LogP contribution < -0.4 is 29.2 Å². The van der Waals surface area contributed by atoms with Gasteiger partial charge in [0.25, 0.3) is 11.8 Å². The lowest BCUT2D eigenvalue weighted by atomic mass is 10.1. The van der Waals surface area contributed by atoms with Crippen LogP contribution in [0.4, 0.5) is 14.9 Å². The number of anilines is 1. The summed E-state index contributed by atoms with van der Waals surface area (Å²) >= 11 is 0. The smallest absolute Gasteiger partial charge is 0.343 e. The number of urea groups is 1. The lowest BCUT2D eigenvalue weighted by molar-refractivity contribution is -0.122. The van der Waals surface area contributed by atoms with Gasteiger partial charge in [0.15, 0.2) is 11.5 Å². The summed E-state index contributed by atoms with van der Waals surface area (Å²) in [7, 11) is 4.22. The summed E-state index contributed by atoms with van der Waals surface area (Å²) in [6.45, 7) is 0. The van der Waals surface area contributed by atoms with Crippen molar-refractivity contribution in [2.24, 2.45) is 0 Å². The summed E-state index contributed by atoms with van der Waals surface area (Å²) in [6.07, 6.45) is 1.15. The Hall–Kier alpha value is -5.19. The van der Waals surface area contributed by atoms with E-state index >= 15 is 0 Å². The van der Waals surface area contributed by atoms with Gasteiger partial charge in [-0.3, -0.25) is 14.9 Å². The average Bonchev–Trinajstić information content (AvgIpc) is 2.91. The number of ether oxygens (including phenoxy) is 4. The maximum atomic E-state index is 14.3. The predicted octanol–water partition coefficient (Wildman–Crippen LogP) is 3.74. The van der Waals surface area contributed by atoms with Crippen LogP contribution in [0.3, 0.4) is 0 Å². The monoisotopic (exact) mass is 520 g/mol. The van der Waals surface area contributed by atoms with Gasteiger partial charge in [0.05, 0.1) is 32.6 Å². The number of benzene rings is 3. The molecule has 0 aliphatic carbocycles. The number of carbonyl (C=O) groups excluding carboxylic acids is 4. The molecule has 1 N–H and O–H groups in total. The van der Waals surface area contributed by atoms with Gasteiger partial charge in [0.1, 0.15) is 17.1 Å². The van der Waals surface area contributed by atoms with E-state index in [9.17, 15) is 23.6 Å². The van der Waals surface area contributed by atoms with E-state index in [1.165, 1.54) is 63.8 Å². The van der Waals surface area contributed by atoms with Crippen LogP contribution in [0.25, 0.3) is 6.08 Å². The van der Waals surface area contributed by atoms with Gasteiger partial charge in [0.2, 0.25) is 5.75 Å². The zero-order valence-corrected chi connectivity index (χ0v) is 20.4. The molecule has 38 heavy (non-hydrogen) atoms. The summed E-state index contributed by atoms with van der Waals surface area (Å²) in [4.78, 5) is 51.6. The zero-order valence-electron chi connectivity index (χ0n) is 20.4. The molecular weight excluding hydrogens is 499 g/mol. The fourth-order valence-electron chi connectivity index (χ4n) is 3.72. The van der Waals surface area contributed by atoms with Gasteiger partial charge in [-0.15, -0.1) is 0 Å². The predicted molar refractivity (Wildman–Crippen MR) is 133 cm³/mol. The molecule has 10 nitrogen and oxygen atoms in total. The number of nitrogens with one attached hydrogen (secondary N) is 1. The Balaban J connectivity index is 1.69. The number of imide groups is 2. The number of rotatable bonds is 7. The molecule has 0 radical (unpaired) electrons. The Bertz CT molecular complexity index is 1460. The molecule has 11 heteroatoms. The highest BCUT2D eigenvalue weighted by molar-refractivity contribution is 6.39. The topological polar surface area (TPSA) is 120 Å². The van der Waals surface area contributed by atoms with E-state index in [2.05, 4.69) is 0 Å². The van der Waals surface area contributed by atoms with E-state index in [1.807, 2.05) is 5.32 Å². The summed E-state index contributed by atoms with van der Waals surface area (Å²) < 4.78 is 35.7. The third-order valence-corrected chi connectivity index (χ3v) is 5.52. The second-order valence-electron chi connectivity index (χ2n) is 7.75. The molecule has 0 unspecified atom stereocenters. The molecule has 4 amide bonds.